The van der Waals surface area contributed by atoms with Crippen LogP contribution < -0.4 is 0 Å². The number of esters is 1. The fraction of sp³-hybridized carbons (Fsp3) is 0.806. The van der Waals surface area contributed by atoms with Gasteiger partial charge in [0.25, 0.3) is 0 Å². The molecule has 0 radical (unpaired) electrons. The van der Waals surface area contributed by atoms with Gasteiger partial charge in [-0.1, -0.05) is 173 Å². The van der Waals surface area contributed by atoms with Gasteiger partial charge in [-0.15, -0.1) is 0 Å². The zero-order valence-electron chi connectivity index (χ0n) is 26.0. The zero-order chi connectivity index (χ0) is 27.8. The third-order valence-corrected chi connectivity index (χ3v) is 7.27. The molecule has 0 spiro atoms. The molecule has 0 fully saturated rings. The van der Waals surface area contributed by atoms with Gasteiger partial charge in [0, 0.05) is 6.42 Å². The Morgan fingerprint density at radius 3 is 1.53 bits per heavy atom. The number of carbonyl (C=O) groups excluding carboxylic acids is 1. The van der Waals surface area contributed by atoms with Gasteiger partial charge in [-0.2, -0.15) is 0 Å². The average Bonchev–Trinajstić information content (AvgIpc) is 2.90. The van der Waals surface area contributed by atoms with Crippen molar-refractivity contribution in [2.45, 2.75) is 175 Å². The van der Waals surface area contributed by atoms with E-state index >= 15 is 0 Å². The van der Waals surface area contributed by atoms with Crippen LogP contribution in [0.2, 0.25) is 0 Å². The van der Waals surface area contributed by atoms with E-state index in [1.165, 1.54) is 122 Å². The monoisotopic (exact) mass is 531 g/mol. The van der Waals surface area contributed by atoms with Crippen molar-refractivity contribution < 1.29 is 9.53 Å². The average molecular weight is 531 g/mol. The SMILES string of the molecule is CCCCC=CC=CC=CCCCCCCCC(=O)OCCCCCCCCCCCCCCCC(C)C. The van der Waals surface area contributed by atoms with Gasteiger partial charge in [-0.3, -0.25) is 4.79 Å². The summed E-state index contributed by atoms with van der Waals surface area (Å²) in [5.41, 5.74) is 0. The molecule has 0 unspecified atom stereocenters. The van der Waals surface area contributed by atoms with Crippen molar-refractivity contribution in [3.8, 4) is 0 Å². The molecule has 0 aliphatic rings. The summed E-state index contributed by atoms with van der Waals surface area (Å²) in [5.74, 6) is 0.873. The molecular weight excluding hydrogens is 464 g/mol. The summed E-state index contributed by atoms with van der Waals surface area (Å²) in [6.45, 7) is 7.50. The van der Waals surface area contributed by atoms with Gasteiger partial charge in [0.15, 0.2) is 0 Å². The first-order valence-electron chi connectivity index (χ1n) is 16.8. The van der Waals surface area contributed by atoms with Crippen molar-refractivity contribution >= 4 is 5.97 Å². The van der Waals surface area contributed by atoms with Crippen molar-refractivity contribution in [3.63, 3.8) is 0 Å². The number of unbranched alkanes of at least 4 members (excludes halogenated alkanes) is 19. The van der Waals surface area contributed by atoms with Crippen LogP contribution in [-0.2, 0) is 9.53 Å². The first kappa shape index (κ1) is 36.7. The highest BCUT2D eigenvalue weighted by atomic mass is 16.5. The molecule has 0 amide bonds. The molecule has 0 saturated carbocycles. The summed E-state index contributed by atoms with van der Waals surface area (Å²) in [7, 11) is 0. The van der Waals surface area contributed by atoms with Crippen molar-refractivity contribution in [1.29, 1.82) is 0 Å². The third kappa shape index (κ3) is 32.7. The smallest absolute Gasteiger partial charge is 0.305 e. The van der Waals surface area contributed by atoms with Crippen molar-refractivity contribution in [2.24, 2.45) is 5.92 Å². The summed E-state index contributed by atoms with van der Waals surface area (Å²) in [6, 6.07) is 0. The standard InChI is InChI=1S/C36H66O2/c1-4-5-6-7-8-9-10-11-12-15-18-21-24-27-30-33-36(37)38-34-31-28-25-22-19-16-13-14-17-20-23-26-29-32-35(2)3/h7-12,35H,4-6,13-34H2,1-3H3. The fourth-order valence-corrected chi connectivity index (χ4v) is 4.72. The van der Waals surface area contributed by atoms with Gasteiger partial charge >= 0.3 is 5.97 Å². The van der Waals surface area contributed by atoms with Gasteiger partial charge in [0.05, 0.1) is 6.61 Å². The Hall–Kier alpha value is -1.31. The second-order valence-corrected chi connectivity index (χ2v) is 11.7. The van der Waals surface area contributed by atoms with E-state index in [-0.39, 0.29) is 5.97 Å². The van der Waals surface area contributed by atoms with Crippen LogP contribution in [0.15, 0.2) is 36.5 Å². The Morgan fingerprint density at radius 1 is 0.553 bits per heavy atom. The quantitative estimate of drug-likeness (QED) is 0.0546. The largest absolute Gasteiger partial charge is 0.466 e. The number of ether oxygens (including phenoxy) is 1. The minimum atomic E-state index is 0.00314. The van der Waals surface area contributed by atoms with Crippen LogP contribution in [0.3, 0.4) is 0 Å². The summed E-state index contributed by atoms with van der Waals surface area (Å²) in [6.07, 6.45) is 43.3. The molecule has 0 atom stereocenters. The summed E-state index contributed by atoms with van der Waals surface area (Å²) >= 11 is 0. The van der Waals surface area contributed by atoms with E-state index in [2.05, 4.69) is 57.2 Å². The second-order valence-electron chi connectivity index (χ2n) is 11.7. The predicted molar refractivity (Wildman–Crippen MR) is 170 cm³/mol. The molecule has 0 rings (SSSR count). The summed E-state index contributed by atoms with van der Waals surface area (Å²) in [4.78, 5) is 11.9. The van der Waals surface area contributed by atoms with Crippen LogP contribution in [-0.4, -0.2) is 12.6 Å². The second kappa shape index (κ2) is 31.9. The molecule has 38 heavy (non-hydrogen) atoms. The first-order chi connectivity index (χ1) is 18.7. The maximum atomic E-state index is 11.9. The van der Waals surface area contributed by atoms with Gasteiger partial charge < -0.3 is 4.74 Å². The van der Waals surface area contributed by atoms with Gasteiger partial charge in [-0.05, 0) is 38.0 Å². The highest BCUT2D eigenvalue weighted by Gasteiger charge is 2.02. The molecule has 0 bridgehead atoms. The van der Waals surface area contributed by atoms with Crippen LogP contribution in [0.1, 0.15) is 175 Å². The van der Waals surface area contributed by atoms with E-state index in [1.54, 1.807) is 0 Å². The molecule has 222 valence electrons. The molecule has 0 aromatic heterocycles. The van der Waals surface area contributed by atoms with E-state index in [0.29, 0.717) is 13.0 Å². The lowest BCUT2D eigenvalue weighted by atomic mass is 10.0. The van der Waals surface area contributed by atoms with Crippen LogP contribution in [0.25, 0.3) is 0 Å². The summed E-state index contributed by atoms with van der Waals surface area (Å²) < 4.78 is 5.42. The minimum absolute atomic E-state index is 0.00314. The molecule has 0 aliphatic carbocycles. The first-order valence-corrected chi connectivity index (χ1v) is 16.8. The molecule has 0 saturated heterocycles. The normalized spacial score (nSPS) is 12.1. The lowest BCUT2D eigenvalue weighted by Gasteiger charge is -2.06. The molecular formula is C36H66O2. The number of carbonyl (C=O) groups is 1. The molecule has 2 heteroatoms. The highest BCUT2D eigenvalue weighted by Crippen LogP contribution is 2.14. The van der Waals surface area contributed by atoms with E-state index < -0.39 is 0 Å². The van der Waals surface area contributed by atoms with Crippen LogP contribution in [0, 0.1) is 5.92 Å². The Kier molecular flexibility index (Phi) is 30.8. The van der Waals surface area contributed by atoms with E-state index in [1.807, 2.05) is 0 Å². The maximum Gasteiger partial charge on any atom is 0.305 e. The molecule has 2 nitrogen and oxygen atoms in total. The molecule has 0 heterocycles. The van der Waals surface area contributed by atoms with E-state index in [9.17, 15) is 4.79 Å². The van der Waals surface area contributed by atoms with E-state index in [0.717, 1.165) is 31.6 Å². The molecule has 0 aromatic carbocycles. The van der Waals surface area contributed by atoms with Crippen LogP contribution in [0.5, 0.6) is 0 Å². The number of hydrogen-bond donors (Lipinski definition) is 0. The van der Waals surface area contributed by atoms with E-state index in [4.69, 9.17) is 4.74 Å². The van der Waals surface area contributed by atoms with Crippen molar-refractivity contribution in [3.05, 3.63) is 36.5 Å². The Labute approximate surface area is 239 Å². The van der Waals surface area contributed by atoms with Crippen molar-refractivity contribution in [2.75, 3.05) is 6.61 Å². The van der Waals surface area contributed by atoms with Crippen molar-refractivity contribution in [1.82, 2.24) is 0 Å². The topological polar surface area (TPSA) is 26.3 Å². The molecule has 0 N–H and O–H groups in total. The van der Waals surface area contributed by atoms with Gasteiger partial charge in [0.2, 0.25) is 0 Å². The number of allylic oxidation sites excluding steroid dienone is 6. The highest BCUT2D eigenvalue weighted by molar-refractivity contribution is 5.69. The van der Waals surface area contributed by atoms with Gasteiger partial charge in [0.1, 0.15) is 0 Å². The lowest BCUT2D eigenvalue weighted by Crippen LogP contribution is -2.05. The molecule has 0 aliphatic heterocycles. The Balaban J connectivity index is 3.26. The van der Waals surface area contributed by atoms with Crippen LogP contribution in [0.4, 0.5) is 0 Å². The molecule has 0 aromatic rings. The third-order valence-electron chi connectivity index (χ3n) is 7.27. The lowest BCUT2D eigenvalue weighted by molar-refractivity contribution is -0.143. The summed E-state index contributed by atoms with van der Waals surface area (Å²) in [5, 5.41) is 0. The Morgan fingerprint density at radius 2 is 1.00 bits per heavy atom. The Bertz CT molecular complexity index is 558. The maximum absolute atomic E-state index is 11.9. The zero-order valence-corrected chi connectivity index (χ0v) is 26.0. The number of rotatable bonds is 29. The van der Waals surface area contributed by atoms with Crippen LogP contribution >= 0.6 is 0 Å². The predicted octanol–water partition coefficient (Wildman–Crippen LogP) is 12.2. The number of hydrogen-bond acceptors (Lipinski definition) is 2. The fourth-order valence-electron chi connectivity index (χ4n) is 4.72. The minimum Gasteiger partial charge on any atom is -0.466 e. The van der Waals surface area contributed by atoms with Gasteiger partial charge in [-0.25, -0.2) is 0 Å².